The maximum absolute atomic E-state index is 12.9. The summed E-state index contributed by atoms with van der Waals surface area (Å²) in [6.45, 7) is 18.8. The number of carbonyl (C=O) groups is 2. The average molecular weight is 501 g/mol. The Hall–Kier alpha value is -1.06. The van der Waals surface area contributed by atoms with E-state index < -0.39 is 11.4 Å². The van der Waals surface area contributed by atoms with Crippen molar-refractivity contribution in [2.75, 3.05) is 0 Å². The van der Waals surface area contributed by atoms with Gasteiger partial charge in [0.2, 0.25) is 0 Å². The number of carboxylic acids is 1. The fourth-order valence-corrected chi connectivity index (χ4v) is 12.1. The van der Waals surface area contributed by atoms with Crippen molar-refractivity contribution in [3.05, 3.63) is 0 Å². The van der Waals surface area contributed by atoms with E-state index in [1.807, 2.05) is 0 Å². The van der Waals surface area contributed by atoms with Gasteiger partial charge in [-0.25, -0.2) is 0 Å². The molecule has 0 aromatic heterocycles. The second-order valence-electron chi connectivity index (χ2n) is 15.5. The van der Waals surface area contributed by atoms with Crippen LogP contribution in [-0.4, -0.2) is 23.1 Å². The summed E-state index contributed by atoms with van der Waals surface area (Å²) in [5.41, 5.74) is 0.140. The SMILES string of the molecule is CC(=O)OC1CC[C@]2(C)[C@H]3CCC4C5[C@@H](C)[C@H](C)CCC5(C(=O)O)CC[C@@]4(C)[C@]3(C)CC[C@H]2C1(C)C. The Morgan fingerprint density at radius 1 is 0.778 bits per heavy atom. The quantitative estimate of drug-likeness (QED) is 0.394. The summed E-state index contributed by atoms with van der Waals surface area (Å²) in [5.74, 6) is 2.44. The highest BCUT2D eigenvalue weighted by atomic mass is 16.5. The molecule has 0 bridgehead atoms. The van der Waals surface area contributed by atoms with Gasteiger partial charge >= 0.3 is 11.9 Å². The molecule has 0 amide bonds. The molecule has 0 aromatic carbocycles. The summed E-state index contributed by atoms with van der Waals surface area (Å²) in [6, 6.07) is 0. The Morgan fingerprint density at radius 2 is 1.47 bits per heavy atom. The van der Waals surface area contributed by atoms with E-state index in [4.69, 9.17) is 4.74 Å². The van der Waals surface area contributed by atoms with Crippen molar-refractivity contribution in [2.45, 2.75) is 126 Å². The van der Waals surface area contributed by atoms with Gasteiger partial charge < -0.3 is 9.84 Å². The van der Waals surface area contributed by atoms with Crippen molar-refractivity contribution in [2.24, 2.45) is 62.6 Å². The highest BCUT2D eigenvalue weighted by Crippen LogP contribution is 2.77. The van der Waals surface area contributed by atoms with Crippen LogP contribution in [0.5, 0.6) is 0 Å². The largest absolute Gasteiger partial charge is 0.481 e. The topological polar surface area (TPSA) is 63.6 Å². The lowest BCUT2D eigenvalue weighted by atomic mass is 9.31. The number of ether oxygens (including phenoxy) is 1. The molecule has 11 atom stereocenters. The third-order valence-electron chi connectivity index (χ3n) is 14.3. The molecule has 4 unspecified atom stereocenters. The highest BCUT2D eigenvalue weighted by Gasteiger charge is 2.71. The van der Waals surface area contributed by atoms with E-state index in [0.29, 0.717) is 35.5 Å². The van der Waals surface area contributed by atoms with Gasteiger partial charge in [-0.05, 0) is 116 Å². The first-order valence-corrected chi connectivity index (χ1v) is 15.1. The van der Waals surface area contributed by atoms with Crippen molar-refractivity contribution < 1.29 is 19.4 Å². The van der Waals surface area contributed by atoms with Gasteiger partial charge in [-0.1, -0.05) is 48.5 Å². The number of hydrogen-bond acceptors (Lipinski definition) is 3. The van der Waals surface area contributed by atoms with E-state index in [1.54, 1.807) is 6.92 Å². The van der Waals surface area contributed by atoms with Gasteiger partial charge in [0, 0.05) is 12.3 Å². The normalized spacial score (nSPS) is 53.7. The smallest absolute Gasteiger partial charge is 0.309 e. The summed E-state index contributed by atoms with van der Waals surface area (Å²) in [6.07, 6.45) is 10.8. The van der Waals surface area contributed by atoms with Crippen LogP contribution in [0.3, 0.4) is 0 Å². The number of fused-ring (bicyclic) bond motifs is 7. The van der Waals surface area contributed by atoms with Crippen molar-refractivity contribution in [3.63, 3.8) is 0 Å². The van der Waals surface area contributed by atoms with Crippen LogP contribution in [0.2, 0.25) is 0 Å². The van der Waals surface area contributed by atoms with Gasteiger partial charge in [0.1, 0.15) is 6.10 Å². The van der Waals surface area contributed by atoms with E-state index in [1.165, 1.54) is 25.7 Å². The maximum Gasteiger partial charge on any atom is 0.309 e. The number of carboxylic acid groups (broad SMARTS) is 1. The summed E-state index contributed by atoms with van der Waals surface area (Å²) in [7, 11) is 0. The van der Waals surface area contributed by atoms with Crippen LogP contribution in [0.15, 0.2) is 0 Å². The number of hydrogen-bond donors (Lipinski definition) is 1. The first-order valence-electron chi connectivity index (χ1n) is 15.1. The van der Waals surface area contributed by atoms with Crippen molar-refractivity contribution in [3.8, 4) is 0 Å². The minimum Gasteiger partial charge on any atom is -0.481 e. The molecule has 5 fully saturated rings. The van der Waals surface area contributed by atoms with Crippen molar-refractivity contribution >= 4 is 11.9 Å². The second kappa shape index (κ2) is 8.22. The zero-order valence-corrected chi connectivity index (χ0v) is 24.3. The molecular formula is C32H52O4. The first-order chi connectivity index (χ1) is 16.6. The Morgan fingerprint density at radius 3 is 2.11 bits per heavy atom. The number of rotatable bonds is 2. The monoisotopic (exact) mass is 500 g/mol. The number of aliphatic carboxylic acids is 1. The molecule has 0 spiro atoms. The van der Waals surface area contributed by atoms with E-state index in [9.17, 15) is 14.7 Å². The van der Waals surface area contributed by atoms with Crippen LogP contribution in [0, 0.1) is 62.6 Å². The molecule has 36 heavy (non-hydrogen) atoms. The van der Waals surface area contributed by atoms with Gasteiger partial charge in [-0.2, -0.15) is 0 Å². The molecule has 1 N–H and O–H groups in total. The molecule has 0 saturated heterocycles. The molecular weight excluding hydrogens is 448 g/mol. The molecule has 204 valence electrons. The predicted octanol–water partition coefficient (Wildman–Crippen LogP) is 7.74. The first kappa shape index (κ1) is 26.5. The standard InChI is InChI=1S/C32H52O4/c1-19-11-16-32(27(34)35)18-17-30(7)22(26(32)20(19)2)9-10-24-29(6)14-13-25(36-21(3)33)28(4,5)23(29)12-15-31(24,30)8/h19-20,22-26H,9-18H2,1-8H3,(H,34,35)/t19-,20+,22?,23+,24-,25?,26?,29+,30-,31-,32?/m1/s1. The lowest BCUT2D eigenvalue weighted by molar-refractivity contribution is -0.259. The molecule has 5 rings (SSSR count). The second-order valence-corrected chi connectivity index (χ2v) is 15.5. The molecule has 0 radical (unpaired) electrons. The Bertz CT molecular complexity index is 925. The third kappa shape index (κ3) is 3.23. The maximum atomic E-state index is 12.9. The molecule has 4 heteroatoms. The minimum atomic E-state index is -0.512. The van der Waals surface area contributed by atoms with Gasteiger partial charge in [0.05, 0.1) is 5.41 Å². The van der Waals surface area contributed by atoms with Crippen LogP contribution >= 0.6 is 0 Å². The zero-order chi connectivity index (χ0) is 26.5. The number of esters is 1. The van der Waals surface area contributed by atoms with E-state index in [-0.39, 0.29) is 33.7 Å². The summed E-state index contributed by atoms with van der Waals surface area (Å²) in [4.78, 5) is 24.8. The molecule has 4 nitrogen and oxygen atoms in total. The molecule has 5 saturated carbocycles. The molecule has 5 aliphatic carbocycles. The average Bonchev–Trinajstić information content (AvgIpc) is 2.78. The lowest BCUT2D eigenvalue weighted by Crippen LogP contribution is -2.68. The van der Waals surface area contributed by atoms with Crippen LogP contribution in [0.25, 0.3) is 0 Å². The number of carbonyl (C=O) groups excluding carboxylic acids is 1. The Labute approximate surface area is 219 Å². The fraction of sp³-hybridized carbons (Fsp3) is 0.938. The Balaban J connectivity index is 1.52. The van der Waals surface area contributed by atoms with Gasteiger partial charge in [-0.15, -0.1) is 0 Å². The molecule has 0 aromatic rings. The predicted molar refractivity (Wildman–Crippen MR) is 142 cm³/mol. The molecule has 0 heterocycles. The van der Waals surface area contributed by atoms with Crippen LogP contribution in [-0.2, 0) is 14.3 Å². The van der Waals surface area contributed by atoms with E-state index >= 15 is 0 Å². The summed E-state index contributed by atoms with van der Waals surface area (Å²) >= 11 is 0. The van der Waals surface area contributed by atoms with Crippen LogP contribution in [0.4, 0.5) is 0 Å². The van der Waals surface area contributed by atoms with Gasteiger partial charge in [0.15, 0.2) is 0 Å². The van der Waals surface area contributed by atoms with Crippen molar-refractivity contribution in [1.29, 1.82) is 0 Å². The van der Waals surface area contributed by atoms with Gasteiger partial charge in [0.25, 0.3) is 0 Å². The third-order valence-corrected chi connectivity index (χ3v) is 14.3. The van der Waals surface area contributed by atoms with E-state index in [2.05, 4.69) is 48.5 Å². The highest BCUT2D eigenvalue weighted by molar-refractivity contribution is 5.75. The van der Waals surface area contributed by atoms with Gasteiger partial charge in [-0.3, -0.25) is 9.59 Å². The van der Waals surface area contributed by atoms with Crippen LogP contribution in [0.1, 0.15) is 120 Å². The van der Waals surface area contributed by atoms with Crippen LogP contribution < -0.4 is 0 Å². The van der Waals surface area contributed by atoms with E-state index in [0.717, 1.165) is 38.5 Å². The summed E-state index contributed by atoms with van der Waals surface area (Å²) in [5, 5.41) is 10.6. The molecule has 0 aliphatic heterocycles. The van der Waals surface area contributed by atoms with Crippen molar-refractivity contribution in [1.82, 2.24) is 0 Å². The summed E-state index contributed by atoms with van der Waals surface area (Å²) < 4.78 is 5.89. The minimum absolute atomic E-state index is 0.0137. The Kier molecular flexibility index (Phi) is 6.06. The fourth-order valence-electron chi connectivity index (χ4n) is 12.1. The lowest BCUT2D eigenvalue weighted by Gasteiger charge is -2.73. The zero-order valence-electron chi connectivity index (χ0n) is 24.3. The molecule has 5 aliphatic rings.